The third kappa shape index (κ3) is 4.43. The molecule has 2 nitrogen and oxygen atoms in total. The van der Waals surface area contributed by atoms with E-state index in [0.29, 0.717) is 0 Å². The van der Waals surface area contributed by atoms with Gasteiger partial charge in [-0.15, -0.1) is 0 Å². The molecule has 0 aromatic heterocycles. The Hall–Kier alpha value is -0.0800. The molecule has 0 amide bonds. The predicted molar refractivity (Wildman–Crippen MR) is 60.5 cm³/mol. The van der Waals surface area contributed by atoms with Crippen molar-refractivity contribution in [3.8, 4) is 0 Å². The SMILES string of the molecule is CCC(CNC1CC1)C(C)CCOC. The van der Waals surface area contributed by atoms with Gasteiger partial charge in [-0.1, -0.05) is 20.3 Å². The van der Waals surface area contributed by atoms with Crippen LogP contribution in [-0.2, 0) is 4.74 Å². The zero-order valence-electron chi connectivity index (χ0n) is 9.88. The van der Waals surface area contributed by atoms with Crippen molar-refractivity contribution in [3.05, 3.63) is 0 Å². The molecule has 84 valence electrons. The molecule has 0 aromatic carbocycles. The predicted octanol–water partition coefficient (Wildman–Crippen LogP) is 2.44. The van der Waals surface area contributed by atoms with Crippen LogP contribution in [0.2, 0.25) is 0 Å². The maximum atomic E-state index is 5.12. The molecular formula is C12H25NO. The van der Waals surface area contributed by atoms with Crippen LogP contribution in [0.25, 0.3) is 0 Å². The summed E-state index contributed by atoms with van der Waals surface area (Å²) in [6.45, 7) is 6.75. The molecule has 14 heavy (non-hydrogen) atoms. The van der Waals surface area contributed by atoms with E-state index in [1.807, 2.05) is 0 Å². The number of methoxy groups -OCH3 is 1. The van der Waals surface area contributed by atoms with E-state index < -0.39 is 0 Å². The Morgan fingerprint density at radius 2 is 2.14 bits per heavy atom. The zero-order chi connectivity index (χ0) is 10.4. The molecule has 1 aliphatic rings. The van der Waals surface area contributed by atoms with Crippen molar-refractivity contribution < 1.29 is 4.74 Å². The van der Waals surface area contributed by atoms with E-state index in [-0.39, 0.29) is 0 Å². The van der Waals surface area contributed by atoms with Crippen molar-refractivity contribution in [2.24, 2.45) is 11.8 Å². The van der Waals surface area contributed by atoms with Crippen molar-refractivity contribution in [3.63, 3.8) is 0 Å². The summed E-state index contributed by atoms with van der Waals surface area (Å²) in [5.41, 5.74) is 0. The Kier molecular flexibility index (Phi) is 5.49. The maximum absolute atomic E-state index is 5.12. The summed E-state index contributed by atoms with van der Waals surface area (Å²) < 4.78 is 5.12. The molecule has 0 spiro atoms. The van der Waals surface area contributed by atoms with Gasteiger partial charge in [-0.25, -0.2) is 0 Å². The van der Waals surface area contributed by atoms with Gasteiger partial charge in [-0.2, -0.15) is 0 Å². The lowest BCUT2D eigenvalue weighted by Crippen LogP contribution is -2.28. The molecule has 1 rings (SSSR count). The molecule has 0 radical (unpaired) electrons. The van der Waals surface area contributed by atoms with E-state index in [0.717, 1.165) is 24.5 Å². The van der Waals surface area contributed by atoms with Crippen molar-refractivity contribution in [2.45, 2.75) is 45.6 Å². The fraction of sp³-hybridized carbons (Fsp3) is 1.00. The monoisotopic (exact) mass is 199 g/mol. The molecular weight excluding hydrogens is 174 g/mol. The van der Waals surface area contributed by atoms with E-state index >= 15 is 0 Å². The maximum Gasteiger partial charge on any atom is 0.0464 e. The highest BCUT2D eigenvalue weighted by atomic mass is 16.5. The first-order valence-electron chi connectivity index (χ1n) is 6.00. The minimum Gasteiger partial charge on any atom is -0.385 e. The summed E-state index contributed by atoms with van der Waals surface area (Å²) in [5.74, 6) is 1.61. The summed E-state index contributed by atoms with van der Waals surface area (Å²) in [6, 6.07) is 0.846. The minimum absolute atomic E-state index is 0.784. The van der Waals surface area contributed by atoms with Crippen LogP contribution in [0.4, 0.5) is 0 Å². The normalized spacial score (nSPS) is 20.8. The molecule has 2 atom stereocenters. The Morgan fingerprint density at radius 3 is 2.64 bits per heavy atom. The Labute approximate surface area is 88.4 Å². The quantitative estimate of drug-likeness (QED) is 0.648. The number of hydrogen-bond acceptors (Lipinski definition) is 2. The van der Waals surface area contributed by atoms with Gasteiger partial charge in [0.2, 0.25) is 0 Å². The lowest BCUT2D eigenvalue weighted by atomic mass is 9.89. The number of nitrogens with one attached hydrogen (secondary N) is 1. The highest BCUT2D eigenvalue weighted by Crippen LogP contribution is 2.22. The van der Waals surface area contributed by atoms with Crippen LogP contribution >= 0.6 is 0 Å². The van der Waals surface area contributed by atoms with Gasteiger partial charge >= 0.3 is 0 Å². The molecule has 0 bridgehead atoms. The summed E-state index contributed by atoms with van der Waals surface area (Å²) in [5, 5.41) is 3.62. The third-order valence-corrected chi connectivity index (χ3v) is 3.35. The highest BCUT2D eigenvalue weighted by Gasteiger charge is 2.23. The standard InChI is InChI=1S/C12H25NO/c1-4-11(9-13-12-5-6-12)10(2)7-8-14-3/h10-13H,4-9H2,1-3H3. The van der Waals surface area contributed by atoms with Gasteiger partial charge in [-0.3, -0.25) is 0 Å². The van der Waals surface area contributed by atoms with Gasteiger partial charge in [0.25, 0.3) is 0 Å². The molecule has 0 aliphatic heterocycles. The first kappa shape index (κ1) is 12.0. The first-order valence-corrected chi connectivity index (χ1v) is 6.00. The molecule has 0 aromatic rings. The lowest BCUT2D eigenvalue weighted by molar-refractivity contribution is 0.163. The van der Waals surface area contributed by atoms with E-state index in [9.17, 15) is 0 Å². The van der Waals surface area contributed by atoms with Gasteiger partial charge in [0, 0.05) is 19.8 Å². The van der Waals surface area contributed by atoms with Gasteiger partial charge < -0.3 is 10.1 Å². The number of hydrogen-bond donors (Lipinski definition) is 1. The van der Waals surface area contributed by atoms with Crippen molar-refractivity contribution in [1.82, 2.24) is 5.32 Å². The van der Waals surface area contributed by atoms with Gasteiger partial charge in [0.1, 0.15) is 0 Å². The van der Waals surface area contributed by atoms with Crippen molar-refractivity contribution in [1.29, 1.82) is 0 Å². The van der Waals surface area contributed by atoms with E-state index in [4.69, 9.17) is 4.74 Å². The van der Waals surface area contributed by atoms with Crippen LogP contribution in [-0.4, -0.2) is 26.3 Å². The van der Waals surface area contributed by atoms with Gasteiger partial charge in [0.05, 0.1) is 0 Å². The van der Waals surface area contributed by atoms with Gasteiger partial charge in [-0.05, 0) is 37.6 Å². The Morgan fingerprint density at radius 1 is 1.43 bits per heavy atom. The molecule has 1 N–H and O–H groups in total. The topological polar surface area (TPSA) is 21.3 Å². The average Bonchev–Trinajstić information content (AvgIpc) is 2.99. The summed E-state index contributed by atoms with van der Waals surface area (Å²) >= 11 is 0. The zero-order valence-corrected chi connectivity index (χ0v) is 9.88. The Bertz CT molecular complexity index is 145. The second kappa shape index (κ2) is 6.41. The summed E-state index contributed by atoms with van der Waals surface area (Å²) in [7, 11) is 1.79. The van der Waals surface area contributed by atoms with Crippen LogP contribution in [0.1, 0.15) is 39.5 Å². The van der Waals surface area contributed by atoms with Gasteiger partial charge in [0.15, 0.2) is 0 Å². The van der Waals surface area contributed by atoms with Crippen LogP contribution in [0, 0.1) is 11.8 Å². The molecule has 2 unspecified atom stereocenters. The van der Waals surface area contributed by atoms with Crippen LogP contribution in [0.5, 0.6) is 0 Å². The molecule has 1 aliphatic carbocycles. The van der Waals surface area contributed by atoms with Crippen LogP contribution < -0.4 is 5.32 Å². The fourth-order valence-corrected chi connectivity index (χ4v) is 1.89. The molecule has 0 heterocycles. The number of ether oxygens (including phenoxy) is 1. The van der Waals surface area contributed by atoms with E-state index in [1.54, 1.807) is 7.11 Å². The molecule has 0 saturated heterocycles. The van der Waals surface area contributed by atoms with E-state index in [2.05, 4.69) is 19.2 Å². The summed E-state index contributed by atoms with van der Waals surface area (Å²) in [6.07, 6.45) is 5.26. The molecule has 1 fully saturated rings. The Balaban J connectivity index is 2.13. The van der Waals surface area contributed by atoms with Crippen molar-refractivity contribution >= 4 is 0 Å². The number of rotatable bonds is 8. The third-order valence-electron chi connectivity index (χ3n) is 3.35. The molecule has 2 heteroatoms. The van der Waals surface area contributed by atoms with Crippen LogP contribution in [0.15, 0.2) is 0 Å². The van der Waals surface area contributed by atoms with Crippen LogP contribution in [0.3, 0.4) is 0 Å². The minimum atomic E-state index is 0.784. The second-order valence-electron chi connectivity index (χ2n) is 4.61. The largest absolute Gasteiger partial charge is 0.385 e. The van der Waals surface area contributed by atoms with E-state index in [1.165, 1.54) is 32.2 Å². The van der Waals surface area contributed by atoms with Crippen molar-refractivity contribution in [2.75, 3.05) is 20.3 Å². The second-order valence-corrected chi connectivity index (χ2v) is 4.61. The highest BCUT2D eigenvalue weighted by molar-refractivity contribution is 4.82. The molecule has 1 saturated carbocycles. The lowest BCUT2D eigenvalue weighted by Gasteiger charge is -2.22. The summed E-state index contributed by atoms with van der Waals surface area (Å²) in [4.78, 5) is 0. The smallest absolute Gasteiger partial charge is 0.0464 e. The fourth-order valence-electron chi connectivity index (χ4n) is 1.89. The first-order chi connectivity index (χ1) is 6.77. The average molecular weight is 199 g/mol.